The molecule has 0 unspecified atom stereocenters. The van der Waals surface area contributed by atoms with Crippen LogP contribution in [0.5, 0.6) is 0 Å². The summed E-state index contributed by atoms with van der Waals surface area (Å²) in [5.74, 6) is 0. The highest BCUT2D eigenvalue weighted by atomic mass is 32.1. The molecule has 0 bridgehead atoms. The predicted molar refractivity (Wildman–Crippen MR) is 166 cm³/mol. The second-order valence-corrected chi connectivity index (χ2v) is 11.2. The Morgan fingerprint density at radius 3 is 1.76 bits per heavy atom. The number of hydrogen-bond donors (Lipinski definition) is 0. The highest BCUT2D eigenvalue weighted by Gasteiger charge is 2.25. The molecule has 0 amide bonds. The lowest BCUT2D eigenvalue weighted by molar-refractivity contribution is 1.30. The minimum Gasteiger partial charge on any atom is -0.310 e. The number of para-hydroxylation sites is 2. The number of thiophene rings is 1. The van der Waals surface area contributed by atoms with Crippen molar-refractivity contribution in [1.82, 2.24) is 0 Å². The minimum absolute atomic E-state index is 1.16. The molecule has 7 aromatic carbocycles. The maximum atomic E-state index is 2.42. The van der Waals surface area contributed by atoms with Gasteiger partial charge in [-0.3, -0.25) is 0 Å². The van der Waals surface area contributed by atoms with Crippen molar-refractivity contribution < 1.29 is 0 Å². The molecule has 1 aliphatic carbocycles. The van der Waals surface area contributed by atoms with Crippen molar-refractivity contribution >= 4 is 80.9 Å². The number of anilines is 3. The van der Waals surface area contributed by atoms with Crippen LogP contribution in [0.25, 0.3) is 63.6 Å². The van der Waals surface area contributed by atoms with E-state index in [1.54, 1.807) is 0 Å². The van der Waals surface area contributed by atoms with E-state index >= 15 is 0 Å². The summed E-state index contributed by atoms with van der Waals surface area (Å²) in [4.78, 5) is 2.41. The summed E-state index contributed by atoms with van der Waals surface area (Å²) in [6.07, 6.45) is 0. The Balaban J connectivity index is 1.53. The predicted octanol–water partition coefficient (Wildman–Crippen LogP) is 11.0. The van der Waals surface area contributed by atoms with Gasteiger partial charge >= 0.3 is 0 Å². The summed E-state index contributed by atoms with van der Waals surface area (Å²) in [6, 6.07) is 46.8. The number of rotatable bonds is 3. The van der Waals surface area contributed by atoms with E-state index in [4.69, 9.17) is 0 Å². The summed E-state index contributed by atoms with van der Waals surface area (Å²) < 4.78 is 2.69. The van der Waals surface area contributed by atoms with Crippen LogP contribution in [-0.2, 0) is 0 Å². The van der Waals surface area contributed by atoms with Gasteiger partial charge in [-0.05, 0) is 69.1 Å². The Morgan fingerprint density at radius 2 is 1.03 bits per heavy atom. The van der Waals surface area contributed by atoms with E-state index < -0.39 is 0 Å². The van der Waals surface area contributed by atoms with Crippen molar-refractivity contribution in [2.45, 2.75) is 0 Å². The first-order valence-corrected chi connectivity index (χ1v) is 13.9. The molecule has 1 aliphatic rings. The van der Waals surface area contributed by atoms with E-state index in [0.717, 1.165) is 11.4 Å². The Bertz CT molecular complexity index is 2190. The van der Waals surface area contributed by atoms with Crippen LogP contribution in [0.15, 0.2) is 127 Å². The first kappa shape index (κ1) is 20.4. The fourth-order valence-electron chi connectivity index (χ4n) is 6.60. The van der Waals surface area contributed by atoms with E-state index in [2.05, 4.69) is 132 Å². The fraction of sp³-hybridized carbons (Fsp3) is 0. The summed E-state index contributed by atoms with van der Waals surface area (Å²) in [6.45, 7) is 0. The van der Waals surface area contributed by atoms with Gasteiger partial charge in [-0.2, -0.15) is 0 Å². The van der Waals surface area contributed by atoms with Gasteiger partial charge in [-0.1, -0.05) is 91.0 Å². The fourth-order valence-corrected chi connectivity index (χ4v) is 7.76. The van der Waals surface area contributed by atoms with Crippen LogP contribution in [0, 0.1) is 0 Å². The van der Waals surface area contributed by atoms with Gasteiger partial charge in [0.05, 0.1) is 5.69 Å². The lowest BCUT2D eigenvalue weighted by atomic mass is 9.92. The van der Waals surface area contributed by atoms with Gasteiger partial charge in [-0.15, -0.1) is 11.3 Å². The second-order valence-electron chi connectivity index (χ2n) is 10.1. The Hall–Kier alpha value is -4.66. The molecule has 0 radical (unpaired) electrons. The van der Waals surface area contributed by atoms with Crippen molar-refractivity contribution in [3.05, 3.63) is 127 Å². The van der Waals surface area contributed by atoms with E-state index in [9.17, 15) is 0 Å². The van der Waals surface area contributed by atoms with Crippen molar-refractivity contribution in [3.63, 3.8) is 0 Å². The van der Waals surface area contributed by atoms with Crippen LogP contribution >= 0.6 is 11.3 Å². The number of fused-ring (bicyclic) bond motifs is 1. The third-order valence-corrected chi connectivity index (χ3v) is 9.22. The third kappa shape index (κ3) is 2.60. The Morgan fingerprint density at radius 1 is 0.421 bits per heavy atom. The largest absolute Gasteiger partial charge is 0.310 e. The molecule has 0 fully saturated rings. The summed E-state index contributed by atoms with van der Waals surface area (Å²) in [7, 11) is 0. The van der Waals surface area contributed by atoms with Gasteiger partial charge in [0.25, 0.3) is 0 Å². The highest BCUT2D eigenvalue weighted by Crippen LogP contribution is 2.53. The van der Waals surface area contributed by atoms with Crippen LogP contribution in [0.4, 0.5) is 17.1 Å². The molecule has 0 atom stereocenters. The molecule has 38 heavy (non-hydrogen) atoms. The van der Waals surface area contributed by atoms with Crippen LogP contribution < -0.4 is 4.90 Å². The number of benzene rings is 7. The third-order valence-electron chi connectivity index (χ3n) is 8.12. The second kappa shape index (κ2) is 7.44. The zero-order valence-electron chi connectivity index (χ0n) is 20.5. The Kier molecular flexibility index (Phi) is 3.99. The molecule has 0 N–H and O–H groups in total. The van der Waals surface area contributed by atoms with Gasteiger partial charge in [0, 0.05) is 42.3 Å². The standard InChI is InChI=1S/C36H21NS/c1-3-10-24(11-4-1)37(25-12-5-2-6-13-25)29-21-31-36-34-27(15-8-16-28(29)34)26-14-7-9-22-17-18-23-19-20-30(38-31)35(36)33(23)32(22)26/h1-21H. The topological polar surface area (TPSA) is 3.24 Å². The lowest BCUT2D eigenvalue weighted by Crippen LogP contribution is -2.10. The molecule has 2 heteroatoms. The SMILES string of the molecule is c1ccc(N(c2ccccc2)c2cc3sc4ccc5ccc6cccc7c6c5c4c3c3c-7cccc23)cc1. The Labute approximate surface area is 223 Å². The summed E-state index contributed by atoms with van der Waals surface area (Å²) in [5.41, 5.74) is 6.19. The normalized spacial score (nSPS) is 12.2. The maximum absolute atomic E-state index is 2.42. The lowest BCUT2D eigenvalue weighted by Gasteiger charge is -2.27. The molecule has 0 saturated carbocycles. The van der Waals surface area contributed by atoms with Crippen molar-refractivity contribution in [2.75, 3.05) is 4.90 Å². The molecular weight excluding hydrogens is 478 g/mol. The van der Waals surface area contributed by atoms with Gasteiger partial charge in [0.1, 0.15) is 0 Å². The summed E-state index contributed by atoms with van der Waals surface area (Å²) >= 11 is 1.92. The molecule has 176 valence electrons. The quantitative estimate of drug-likeness (QED) is 0.219. The number of hydrogen-bond acceptors (Lipinski definition) is 2. The van der Waals surface area contributed by atoms with E-state index in [-0.39, 0.29) is 0 Å². The molecule has 0 aliphatic heterocycles. The molecule has 9 rings (SSSR count). The monoisotopic (exact) mass is 499 g/mol. The molecule has 1 heterocycles. The van der Waals surface area contributed by atoms with Crippen molar-refractivity contribution in [3.8, 4) is 11.1 Å². The van der Waals surface area contributed by atoms with Gasteiger partial charge in [0.15, 0.2) is 0 Å². The number of nitrogens with zero attached hydrogens (tertiary/aromatic N) is 1. The maximum Gasteiger partial charge on any atom is 0.0554 e. The van der Waals surface area contributed by atoms with Gasteiger partial charge in [0.2, 0.25) is 0 Å². The first-order valence-electron chi connectivity index (χ1n) is 13.0. The van der Waals surface area contributed by atoms with E-state index in [0.29, 0.717) is 0 Å². The van der Waals surface area contributed by atoms with Crippen LogP contribution in [0.1, 0.15) is 0 Å². The average Bonchev–Trinajstić information content (AvgIpc) is 3.29. The van der Waals surface area contributed by atoms with Crippen LogP contribution in [-0.4, -0.2) is 0 Å². The molecule has 1 nitrogen and oxygen atoms in total. The minimum atomic E-state index is 1.16. The zero-order chi connectivity index (χ0) is 24.8. The molecular formula is C36H21NS. The molecule has 0 saturated heterocycles. The van der Waals surface area contributed by atoms with E-state index in [1.165, 1.54) is 69.3 Å². The van der Waals surface area contributed by atoms with Gasteiger partial charge in [-0.25, -0.2) is 0 Å². The zero-order valence-corrected chi connectivity index (χ0v) is 21.3. The van der Waals surface area contributed by atoms with Crippen LogP contribution in [0.2, 0.25) is 0 Å². The smallest absolute Gasteiger partial charge is 0.0554 e. The first-order chi connectivity index (χ1) is 18.9. The average molecular weight is 500 g/mol. The van der Waals surface area contributed by atoms with Crippen molar-refractivity contribution in [2.24, 2.45) is 0 Å². The molecule has 1 aromatic heterocycles. The van der Waals surface area contributed by atoms with Gasteiger partial charge < -0.3 is 4.90 Å². The van der Waals surface area contributed by atoms with Crippen molar-refractivity contribution in [1.29, 1.82) is 0 Å². The molecule has 8 aromatic rings. The molecule has 0 spiro atoms. The summed E-state index contributed by atoms with van der Waals surface area (Å²) in [5, 5.41) is 10.9. The highest BCUT2D eigenvalue weighted by molar-refractivity contribution is 7.26. The van der Waals surface area contributed by atoms with E-state index in [1.807, 2.05) is 11.3 Å². The van der Waals surface area contributed by atoms with Crippen LogP contribution in [0.3, 0.4) is 0 Å².